The molecule has 0 radical (unpaired) electrons. The zero-order valence-electron chi connectivity index (χ0n) is 16.5. The molecule has 0 saturated carbocycles. The van der Waals surface area contributed by atoms with Gasteiger partial charge in [0.15, 0.2) is 11.6 Å². The first kappa shape index (κ1) is 20.5. The Morgan fingerprint density at radius 3 is 2.26 bits per heavy atom. The summed E-state index contributed by atoms with van der Waals surface area (Å²) < 4.78 is 57.2. The van der Waals surface area contributed by atoms with Gasteiger partial charge in [0, 0.05) is 6.20 Å². The van der Waals surface area contributed by atoms with Gasteiger partial charge in [0.25, 0.3) is 17.8 Å². The number of nitrogens with zero attached hydrogens (tertiary/aromatic N) is 3. The molecule has 1 amide bonds. The van der Waals surface area contributed by atoms with Crippen molar-refractivity contribution in [1.82, 2.24) is 19.7 Å². The van der Waals surface area contributed by atoms with Crippen molar-refractivity contribution < 1.29 is 22.4 Å². The van der Waals surface area contributed by atoms with E-state index in [0.717, 1.165) is 11.1 Å². The van der Waals surface area contributed by atoms with Crippen molar-refractivity contribution in [2.75, 3.05) is 0 Å². The molecule has 4 rings (SSSR count). The summed E-state index contributed by atoms with van der Waals surface area (Å²) in [6.45, 7) is 3.63. The Hall–Kier alpha value is -3.75. The topological polar surface area (TPSA) is 59.3 Å². The van der Waals surface area contributed by atoms with Gasteiger partial charge >= 0.3 is 0 Å². The van der Waals surface area contributed by atoms with Crippen LogP contribution in [-0.4, -0.2) is 20.3 Å². The molecule has 0 fully saturated rings. The number of fused-ring (bicyclic) bond motifs is 1. The van der Waals surface area contributed by atoms with Gasteiger partial charge in [-0.05, 0) is 42.7 Å². The van der Waals surface area contributed by atoms with E-state index in [9.17, 15) is 22.4 Å². The van der Waals surface area contributed by atoms with E-state index in [1.807, 2.05) is 32.0 Å². The Balaban J connectivity index is 1.88. The second-order valence-corrected chi connectivity index (χ2v) is 7.02. The SMILES string of the molecule is Cc1cccc(C)c1C(NC(=O)c1c(F)c(F)nc(F)c1F)c1cnc2ccccn12. The van der Waals surface area contributed by atoms with E-state index in [1.165, 1.54) is 6.20 Å². The number of hydrogen-bond acceptors (Lipinski definition) is 3. The molecule has 31 heavy (non-hydrogen) atoms. The summed E-state index contributed by atoms with van der Waals surface area (Å²) in [5.41, 5.74) is 1.96. The highest BCUT2D eigenvalue weighted by molar-refractivity contribution is 5.95. The molecule has 0 saturated heterocycles. The van der Waals surface area contributed by atoms with Gasteiger partial charge in [-0.25, -0.2) is 13.8 Å². The Bertz CT molecular complexity index is 1270. The van der Waals surface area contributed by atoms with Crippen LogP contribution in [0.4, 0.5) is 17.6 Å². The average Bonchev–Trinajstić information content (AvgIpc) is 3.15. The molecule has 4 aromatic rings. The van der Waals surface area contributed by atoms with Crippen molar-refractivity contribution in [3.05, 3.63) is 100 Å². The first-order chi connectivity index (χ1) is 14.8. The minimum Gasteiger partial charge on any atom is -0.339 e. The zero-order valence-corrected chi connectivity index (χ0v) is 16.5. The van der Waals surface area contributed by atoms with Gasteiger partial charge < -0.3 is 9.72 Å². The first-order valence-corrected chi connectivity index (χ1v) is 9.28. The number of aromatic nitrogens is 3. The largest absolute Gasteiger partial charge is 0.339 e. The van der Waals surface area contributed by atoms with Crippen molar-refractivity contribution in [3.8, 4) is 0 Å². The lowest BCUT2D eigenvalue weighted by molar-refractivity contribution is 0.0930. The molecule has 0 aliphatic rings. The molecule has 9 heteroatoms. The molecule has 0 spiro atoms. The second-order valence-electron chi connectivity index (χ2n) is 7.02. The van der Waals surface area contributed by atoms with Crippen LogP contribution in [0.2, 0.25) is 0 Å². The molecule has 1 unspecified atom stereocenters. The van der Waals surface area contributed by atoms with Gasteiger partial charge in [-0.2, -0.15) is 13.8 Å². The van der Waals surface area contributed by atoms with Crippen molar-refractivity contribution in [2.24, 2.45) is 0 Å². The molecule has 1 aromatic carbocycles. The minimum atomic E-state index is -1.90. The number of benzene rings is 1. The predicted octanol–water partition coefficient (Wildman–Crippen LogP) is 4.42. The van der Waals surface area contributed by atoms with Gasteiger partial charge in [0.2, 0.25) is 0 Å². The van der Waals surface area contributed by atoms with Crippen LogP contribution in [-0.2, 0) is 0 Å². The summed E-state index contributed by atoms with van der Waals surface area (Å²) in [4.78, 5) is 19.6. The van der Waals surface area contributed by atoms with Crippen molar-refractivity contribution in [3.63, 3.8) is 0 Å². The normalized spacial score (nSPS) is 12.2. The lowest BCUT2D eigenvalue weighted by Crippen LogP contribution is -2.33. The Morgan fingerprint density at radius 2 is 1.61 bits per heavy atom. The molecule has 1 atom stereocenters. The van der Waals surface area contributed by atoms with Crippen molar-refractivity contribution in [1.29, 1.82) is 0 Å². The fraction of sp³-hybridized carbons (Fsp3) is 0.136. The molecule has 0 aliphatic heterocycles. The van der Waals surface area contributed by atoms with Crippen LogP contribution in [0.25, 0.3) is 5.65 Å². The van der Waals surface area contributed by atoms with Crippen molar-refractivity contribution in [2.45, 2.75) is 19.9 Å². The molecular formula is C22H16F4N4O. The van der Waals surface area contributed by atoms with Crippen LogP contribution in [0, 0.1) is 37.4 Å². The number of imidazole rings is 1. The van der Waals surface area contributed by atoms with Crippen LogP contribution in [0.15, 0.2) is 48.8 Å². The number of pyridine rings is 2. The number of halogens is 4. The number of hydrogen-bond donors (Lipinski definition) is 1. The highest BCUT2D eigenvalue weighted by atomic mass is 19.2. The summed E-state index contributed by atoms with van der Waals surface area (Å²) in [6.07, 6.45) is 3.24. The number of aryl methyl sites for hydroxylation is 2. The third-order valence-corrected chi connectivity index (χ3v) is 5.07. The van der Waals surface area contributed by atoms with Crippen LogP contribution >= 0.6 is 0 Å². The molecule has 0 bridgehead atoms. The highest BCUT2D eigenvalue weighted by Crippen LogP contribution is 2.29. The van der Waals surface area contributed by atoms with Gasteiger partial charge in [0.1, 0.15) is 11.2 Å². The van der Waals surface area contributed by atoms with E-state index in [1.54, 1.807) is 28.8 Å². The maximum absolute atomic E-state index is 14.2. The number of nitrogens with one attached hydrogen (secondary N) is 1. The predicted molar refractivity (Wildman–Crippen MR) is 104 cm³/mol. The number of carbonyl (C=O) groups excluding carboxylic acids is 1. The standard InChI is InChI=1S/C22H16F4N4O/c1-11-6-5-7-12(2)15(11)19(13-10-27-14-8-3-4-9-30(13)14)28-22(31)16-17(23)20(25)29-21(26)18(16)24/h3-10,19H,1-2H3,(H,28,31). The smallest absolute Gasteiger partial charge is 0.258 e. The molecule has 3 heterocycles. The third kappa shape index (κ3) is 3.52. The van der Waals surface area contributed by atoms with Gasteiger partial charge in [-0.15, -0.1) is 0 Å². The first-order valence-electron chi connectivity index (χ1n) is 9.28. The van der Waals surface area contributed by atoms with E-state index >= 15 is 0 Å². The molecule has 3 aromatic heterocycles. The van der Waals surface area contributed by atoms with Crippen LogP contribution < -0.4 is 5.32 Å². The number of rotatable bonds is 4. The lowest BCUT2D eigenvalue weighted by atomic mass is 9.94. The highest BCUT2D eigenvalue weighted by Gasteiger charge is 2.30. The fourth-order valence-electron chi connectivity index (χ4n) is 3.63. The molecular weight excluding hydrogens is 412 g/mol. The van der Waals surface area contributed by atoms with E-state index in [-0.39, 0.29) is 0 Å². The van der Waals surface area contributed by atoms with E-state index < -0.39 is 41.0 Å². The Kier molecular flexibility index (Phi) is 5.18. The monoisotopic (exact) mass is 428 g/mol. The quantitative estimate of drug-likeness (QED) is 0.387. The number of carbonyl (C=O) groups is 1. The maximum Gasteiger partial charge on any atom is 0.258 e. The molecule has 1 N–H and O–H groups in total. The lowest BCUT2D eigenvalue weighted by Gasteiger charge is -2.23. The van der Waals surface area contributed by atoms with E-state index in [2.05, 4.69) is 15.3 Å². The maximum atomic E-state index is 14.2. The molecule has 0 aliphatic carbocycles. The van der Waals surface area contributed by atoms with Gasteiger partial charge in [-0.3, -0.25) is 4.79 Å². The van der Waals surface area contributed by atoms with E-state index in [0.29, 0.717) is 16.9 Å². The summed E-state index contributed by atoms with van der Waals surface area (Å²) in [6, 6.07) is 9.84. The van der Waals surface area contributed by atoms with Crippen LogP contribution in [0.1, 0.15) is 38.8 Å². The van der Waals surface area contributed by atoms with Crippen molar-refractivity contribution >= 4 is 11.6 Å². The number of amides is 1. The second kappa shape index (κ2) is 7.82. The summed E-state index contributed by atoms with van der Waals surface area (Å²) >= 11 is 0. The third-order valence-electron chi connectivity index (χ3n) is 5.07. The molecule has 158 valence electrons. The molecule has 5 nitrogen and oxygen atoms in total. The zero-order chi connectivity index (χ0) is 22.3. The average molecular weight is 428 g/mol. The van der Waals surface area contributed by atoms with Crippen LogP contribution in [0.5, 0.6) is 0 Å². The van der Waals surface area contributed by atoms with E-state index in [4.69, 9.17) is 0 Å². The Labute approximate surface area is 174 Å². The fourth-order valence-corrected chi connectivity index (χ4v) is 3.63. The summed E-state index contributed by atoms with van der Waals surface area (Å²) in [7, 11) is 0. The minimum absolute atomic E-state index is 0.497. The summed E-state index contributed by atoms with van der Waals surface area (Å²) in [5.74, 6) is -8.86. The van der Waals surface area contributed by atoms with Crippen LogP contribution in [0.3, 0.4) is 0 Å². The summed E-state index contributed by atoms with van der Waals surface area (Å²) in [5, 5.41) is 2.52. The Morgan fingerprint density at radius 1 is 0.968 bits per heavy atom. The van der Waals surface area contributed by atoms with Gasteiger partial charge in [0.05, 0.1) is 17.9 Å². The van der Waals surface area contributed by atoms with Gasteiger partial charge in [-0.1, -0.05) is 24.3 Å².